The van der Waals surface area contributed by atoms with Crippen LogP contribution in [0.5, 0.6) is 0 Å². The van der Waals surface area contributed by atoms with Crippen molar-refractivity contribution >= 4 is 47.0 Å². The number of carboxylic acids is 1. The highest BCUT2D eigenvalue weighted by Gasteiger charge is 2.36. The first kappa shape index (κ1) is 27.8. The fourth-order valence-corrected chi connectivity index (χ4v) is 3.85. The largest absolute Gasteiger partial charge is 0.480 e. The Morgan fingerprint density at radius 1 is 1.12 bits per heavy atom. The molecule has 1 aliphatic rings. The molecule has 210 valence electrons. The average Bonchev–Trinajstić information content (AvgIpc) is 3.48. The molecule has 3 heterocycles. The Balaban J connectivity index is 1.17. The molecule has 40 heavy (non-hydrogen) atoms. The van der Waals surface area contributed by atoms with Crippen molar-refractivity contribution < 1.29 is 33.8 Å². The first-order valence-electron chi connectivity index (χ1n) is 12.4. The van der Waals surface area contributed by atoms with Gasteiger partial charge in [-0.3, -0.25) is 14.5 Å². The number of pyridine rings is 1. The summed E-state index contributed by atoms with van der Waals surface area (Å²) < 4.78 is 5.00. The van der Waals surface area contributed by atoms with Gasteiger partial charge in [0.2, 0.25) is 11.9 Å². The second kappa shape index (κ2) is 13.0. The van der Waals surface area contributed by atoms with Gasteiger partial charge in [-0.2, -0.15) is 0 Å². The van der Waals surface area contributed by atoms with Crippen LogP contribution < -0.4 is 16.0 Å². The van der Waals surface area contributed by atoms with Crippen LogP contribution in [0, 0.1) is 0 Å². The fourth-order valence-electron chi connectivity index (χ4n) is 3.85. The number of fused-ring (bicyclic) bond motifs is 1. The zero-order chi connectivity index (χ0) is 28.5. The number of alkyl carbamates (subject to hydrolysis) is 1. The summed E-state index contributed by atoms with van der Waals surface area (Å²) in [6.07, 6.45) is 1.19. The predicted octanol–water partition coefficient (Wildman–Crippen LogP) is 0.520. The molecule has 2 aromatic heterocycles. The maximum atomic E-state index is 12.6. The standard InChI is InChI=1S/C25H28N8O7/c34-19(28-12-18(22(36)37)30-24(38)40-15-16-6-2-1-3-7-16)13-33-20(35)14-32(25(33)39)11-5-10-27-23-29-17-8-4-9-26-21(17)31-23/h1-4,6-9,18H,5,10-15H2,(H,28,34)(H,30,38)(H,36,37)(H2,26,27,29,31)/t18-/m0/s1. The number of nitrogens with one attached hydrogen (secondary N) is 4. The second-order valence-corrected chi connectivity index (χ2v) is 8.82. The molecule has 0 spiro atoms. The number of aliphatic carboxylic acids is 1. The number of aromatic nitrogens is 3. The van der Waals surface area contributed by atoms with Crippen molar-refractivity contribution in [1.29, 1.82) is 0 Å². The molecule has 0 unspecified atom stereocenters. The first-order valence-corrected chi connectivity index (χ1v) is 12.4. The van der Waals surface area contributed by atoms with Crippen molar-refractivity contribution in [1.82, 2.24) is 35.4 Å². The lowest BCUT2D eigenvalue weighted by Crippen LogP contribution is -2.50. The molecule has 0 radical (unpaired) electrons. The lowest BCUT2D eigenvalue weighted by Gasteiger charge is -2.18. The number of benzene rings is 1. The Labute approximate surface area is 227 Å². The van der Waals surface area contributed by atoms with Gasteiger partial charge >= 0.3 is 18.1 Å². The number of imidazole rings is 1. The zero-order valence-electron chi connectivity index (χ0n) is 21.3. The second-order valence-electron chi connectivity index (χ2n) is 8.82. The van der Waals surface area contributed by atoms with Crippen LogP contribution in [0.4, 0.5) is 15.5 Å². The summed E-state index contributed by atoms with van der Waals surface area (Å²) in [5.74, 6) is -2.17. The number of ether oxygens (including phenoxy) is 1. The molecule has 1 aromatic carbocycles. The van der Waals surface area contributed by atoms with E-state index in [0.29, 0.717) is 35.6 Å². The molecule has 0 aliphatic carbocycles. The number of carboxylic acid groups (broad SMARTS) is 1. The predicted molar refractivity (Wildman–Crippen MR) is 140 cm³/mol. The van der Waals surface area contributed by atoms with E-state index in [2.05, 4.69) is 30.9 Å². The van der Waals surface area contributed by atoms with E-state index in [1.165, 1.54) is 4.90 Å². The first-order chi connectivity index (χ1) is 19.3. The van der Waals surface area contributed by atoms with Crippen molar-refractivity contribution in [3.63, 3.8) is 0 Å². The van der Waals surface area contributed by atoms with Crippen molar-refractivity contribution in [2.75, 3.05) is 38.0 Å². The molecular formula is C25H28N8O7. The third kappa shape index (κ3) is 7.43. The molecule has 1 aliphatic heterocycles. The minimum absolute atomic E-state index is 0.0610. The van der Waals surface area contributed by atoms with Crippen LogP contribution in [0.2, 0.25) is 0 Å². The van der Waals surface area contributed by atoms with Crippen LogP contribution in [0.25, 0.3) is 11.2 Å². The summed E-state index contributed by atoms with van der Waals surface area (Å²) in [6.45, 7) is -0.553. The molecule has 15 heteroatoms. The van der Waals surface area contributed by atoms with E-state index in [4.69, 9.17) is 4.74 Å². The molecular weight excluding hydrogens is 524 g/mol. The van der Waals surface area contributed by atoms with Crippen molar-refractivity contribution in [3.05, 3.63) is 54.2 Å². The minimum atomic E-state index is -1.48. The number of imide groups is 1. The van der Waals surface area contributed by atoms with Crippen molar-refractivity contribution in [2.24, 2.45) is 0 Å². The number of carbonyl (C=O) groups is 5. The van der Waals surface area contributed by atoms with Gasteiger partial charge in [0.15, 0.2) is 5.65 Å². The van der Waals surface area contributed by atoms with E-state index in [9.17, 15) is 29.1 Å². The van der Waals surface area contributed by atoms with Gasteiger partial charge in [0.1, 0.15) is 31.3 Å². The normalized spacial score (nSPS) is 13.8. The fraction of sp³-hybridized carbons (Fsp3) is 0.320. The zero-order valence-corrected chi connectivity index (χ0v) is 21.3. The average molecular weight is 553 g/mol. The molecule has 4 rings (SSSR count). The molecule has 1 atom stereocenters. The number of aromatic amines is 1. The van der Waals surface area contributed by atoms with Crippen molar-refractivity contribution in [3.8, 4) is 0 Å². The van der Waals surface area contributed by atoms with Gasteiger partial charge in [0.05, 0.1) is 0 Å². The molecule has 5 N–H and O–H groups in total. The van der Waals surface area contributed by atoms with E-state index in [-0.39, 0.29) is 19.7 Å². The molecule has 0 saturated carbocycles. The summed E-state index contributed by atoms with van der Waals surface area (Å²) in [5.41, 5.74) is 2.08. The summed E-state index contributed by atoms with van der Waals surface area (Å²) in [6, 6.07) is 10.3. The Bertz CT molecular complexity index is 1350. The molecule has 1 fully saturated rings. The van der Waals surface area contributed by atoms with E-state index in [0.717, 1.165) is 4.90 Å². The number of carbonyl (C=O) groups excluding carboxylic acids is 4. The topological polar surface area (TPSA) is 199 Å². The number of hydrogen-bond donors (Lipinski definition) is 5. The van der Waals surface area contributed by atoms with Gasteiger partial charge in [-0.1, -0.05) is 30.3 Å². The highest BCUT2D eigenvalue weighted by Crippen LogP contribution is 2.12. The monoisotopic (exact) mass is 552 g/mol. The lowest BCUT2D eigenvalue weighted by molar-refractivity contribution is -0.139. The number of hydrogen-bond acceptors (Lipinski definition) is 9. The number of urea groups is 1. The maximum absolute atomic E-state index is 12.6. The van der Waals surface area contributed by atoms with Crippen LogP contribution in [-0.4, -0.2) is 98.5 Å². The van der Waals surface area contributed by atoms with Crippen LogP contribution >= 0.6 is 0 Å². The van der Waals surface area contributed by atoms with Gasteiger partial charge in [-0.15, -0.1) is 0 Å². The number of amides is 5. The Morgan fingerprint density at radius 2 is 1.93 bits per heavy atom. The Hall–Kier alpha value is -5.21. The highest BCUT2D eigenvalue weighted by atomic mass is 16.5. The van der Waals surface area contributed by atoms with Crippen LogP contribution in [0.15, 0.2) is 48.7 Å². The molecule has 5 amide bonds. The van der Waals surface area contributed by atoms with Gasteiger partial charge in [0.25, 0.3) is 5.91 Å². The van der Waals surface area contributed by atoms with E-state index in [1.54, 1.807) is 42.6 Å². The van der Waals surface area contributed by atoms with Gasteiger partial charge < -0.3 is 35.7 Å². The maximum Gasteiger partial charge on any atom is 0.408 e. The molecule has 1 saturated heterocycles. The lowest BCUT2D eigenvalue weighted by atomic mass is 10.2. The number of nitrogens with zero attached hydrogens (tertiary/aromatic N) is 4. The van der Waals surface area contributed by atoms with Crippen molar-refractivity contribution in [2.45, 2.75) is 19.1 Å². The van der Waals surface area contributed by atoms with Crippen LogP contribution in [0.3, 0.4) is 0 Å². The third-order valence-corrected chi connectivity index (χ3v) is 5.89. The van der Waals surface area contributed by atoms with Gasteiger partial charge in [-0.25, -0.2) is 24.4 Å². The summed E-state index contributed by atoms with van der Waals surface area (Å²) in [4.78, 5) is 74.5. The quantitative estimate of drug-likeness (QED) is 0.147. The van der Waals surface area contributed by atoms with E-state index in [1.807, 2.05) is 6.07 Å². The molecule has 3 aromatic rings. The SMILES string of the molecule is O=C(CN1C(=O)CN(CCCNc2nc3cccnc3[nH]2)C1=O)NC[C@H](NC(=O)OCc1ccccc1)C(=O)O. The van der Waals surface area contributed by atoms with Crippen LogP contribution in [0.1, 0.15) is 12.0 Å². The smallest absolute Gasteiger partial charge is 0.408 e. The summed E-state index contributed by atoms with van der Waals surface area (Å²) in [5, 5.41) is 17.0. The highest BCUT2D eigenvalue weighted by molar-refractivity contribution is 6.04. The van der Waals surface area contributed by atoms with E-state index >= 15 is 0 Å². The summed E-state index contributed by atoms with van der Waals surface area (Å²) >= 11 is 0. The van der Waals surface area contributed by atoms with Crippen LogP contribution in [-0.2, 0) is 25.7 Å². The number of anilines is 1. The van der Waals surface area contributed by atoms with E-state index < -0.39 is 49.0 Å². The van der Waals surface area contributed by atoms with Gasteiger partial charge in [0, 0.05) is 25.8 Å². The van der Waals surface area contributed by atoms with Gasteiger partial charge in [-0.05, 0) is 24.1 Å². The molecule has 0 bridgehead atoms. The Morgan fingerprint density at radius 3 is 2.67 bits per heavy atom. The minimum Gasteiger partial charge on any atom is -0.480 e. The number of rotatable bonds is 13. The Kier molecular flexibility index (Phi) is 9.07. The third-order valence-electron chi connectivity index (χ3n) is 5.89. The molecule has 15 nitrogen and oxygen atoms in total. The summed E-state index contributed by atoms with van der Waals surface area (Å²) in [7, 11) is 0. The number of H-pyrrole nitrogens is 1.